The van der Waals surface area contributed by atoms with Crippen molar-refractivity contribution in [2.75, 3.05) is 17.7 Å². The van der Waals surface area contributed by atoms with Crippen molar-refractivity contribution < 1.29 is 4.39 Å². The Balaban J connectivity index is 2.50. The summed E-state index contributed by atoms with van der Waals surface area (Å²) in [5.41, 5.74) is 8.54. The van der Waals surface area contributed by atoms with E-state index in [1.54, 1.807) is 42.3 Å². The van der Waals surface area contributed by atoms with Gasteiger partial charge >= 0.3 is 0 Å². The summed E-state index contributed by atoms with van der Waals surface area (Å²) in [6.45, 7) is 1.92. The standard InChI is InChI=1S/C14H14ClFN2/c1-9-7-12(17)10(15)8-14(9)18(2)13-6-4-3-5-11(13)16/h3-8H,17H2,1-2H3. The van der Waals surface area contributed by atoms with E-state index in [-0.39, 0.29) is 5.82 Å². The zero-order valence-electron chi connectivity index (χ0n) is 10.2. The second-order valence-electron chi connectivity index (χ2n) is 4.17. The first-order chi connectivity index (χ1) is 8.50. The van der Waals surface area contributed by atoms with Crippen LogP contribution in [0.15, 0.2) is 36.4 Å². The molecule has 0 aliphatic rings. The number of nitrogen functional groups attached to an aromatic ring is 1. The fourth-order valence-corrected chi connectivity index (χ4v) is 2.07. The Kier molecular flexibility index (Phi) is 3.43. The van der Waals surface area contributed by atoms with Gasteiger partial charge in [0.05, 0.1) is 16.4 Å². The molecule has 4 heteroatoms. The largest absolute Gasteiger partial charge is 0.398 e. The van der Waals surface area contributed by atoms with E-state index in [4.69, 9.17) is 17.3 Å². The second-order valence-corrected chi connectivity index (χ2v) is 4.58. The van der Waals surface area contributed by atoms with Crippen molar-refractivity contribution in [3.8, 4) is 0 Å². The lowest BCUT2D eigenvalue weighted by molar-refractivity contribution is 0.627. The average molecular weight is 265 g/mol. The molecular formula is C14H14ClFN2. The number of nitrogens with two attached hydrogens (primary N) is 1. The van der Waals surface area contributed by atoms with Gasteiger partial charge in [0.15, 0.2) is 0 Å². The van der Waals surface area contributed by atoms with Crippen LogP contribution < -0.4 is 10.6 Å². The predicted octanol–water partition coefficient (Wildman–Crippen LogP) is 4.14. The van der Waals surface area contributed by atoms with Crippen molar-refractivity contribution in [3.63, 3.8) is 0 Å². The first-order valence-corrected chi connectivity index (χ1v) is 5.92. The summed E-state index contributed by atoms with van der Waals surface area (Å²) in [6, 6.07) is 10.1. The monoisotopic (exact) mass is 264 g/mol. The van der Waals surface area contributed by atoms with Gasteiger partial charge in [-0.1, -0.05) is 23.7 Å². The number of benzene rings is 2. The molecule has 2 aromatic rings. The maximum Gasteiger partial charge on any atom is 0.146 e. The van der Waals surface area contributed by atoms with E-state index in [2.05, 4.69) is 0 Å². The molecule has 0 saturated heterocycles. The fraction of sp³-hybridized carbons (Fsp3) is 0.143. The number of hydrogen-bond acceptors (Lipinski definition) is 2. The molecule has 0 atom stereocenters. The molecule has 18 heavy (non-hydrogen) atoms. The summed E-state index contributed by atoms with van der Waals surface area (Å²) in [5, 5.41) is 0.471. The summed E-state index contributed by atoms with van der Waals surface area (Å²) in [5.74, 6) is -0.271. The summed E-state index contributed by atoms with van der Waals surface area (Å²) in [6.07, 6.45) is 0. The van der Waals surface area contributed by atoms with Gasteiger partial charge in [-0.05, 0) is 36.8 Å². The molecule has 0 fully saturated rings. The van der Waals surface area contributed by atoms with Gasteiger partial charge in [0.2, 0.25) is 0 Å². The molecular weight excluding hydrogens is 251 g/mol. The predicted molar refractivity (Wildman–Crippen MR) is 75.1 cm³/mol. The van der Waals surface area contributed by atoms with Gasteiger partial charge in [-0.15, -0.1) is 0 Å². The van der Waals surface area contributed by atoms with Crippen LogP contribution in [-0.2, 0) is 0 Å². The second kappa shape index (κ2) is 4.86. The van der Waals surface area contributed by atoms with Crippen molar-refractivity contribution in [1.82, 2.24) is 0 Å². The zero-order chi connectivity index (χ0) is 13.3. The Hall–Kier alpha value is -1.74. The molecule has 0 bridgehead atoms. The van der Waals surface area contributed by atoms with Crippen LogP contribution in [0.2, 0.25) is 5.02 Å². The molecule has 0 saturated carbocycles. The van der Waals surface area contributed by atoms with Gasteiger partial charge in [0.25, 0.3) is 0 Å². The van der Waals surface area contributed by atoms with Crippen LogP contribution in [-0.4, -0.2) is 7.05 Å². The minimum absolute atomic E-state index is 0.271. The van der Waals surface area contributed by atoms with Gasteiger partial charge in [0, 0.05) is 12.7 Å². The maximum absolute atomic E-state index is 13.7. The van der Waals surface area contributed by atoms with E-state index in [1.165, 1.54) is 6.07 Å². The molecule has 0 radical (unpaired) electrons. The first-order valence-electron chi connectivity index (χ1n) is 5.54. The third-order valence-electron chi connectivity index (χ3n) is 2.89. The lowest BCUT2D eigenvalue weighted by Crippen LogP contribution is -2.12. The van der Waals surface area contributed by atoms with E-state index in [0.717, 1.165) is 11.3 Å². The van der Waals surface area contributed by atoms with E-state index in [0.29, 0.717) is 16.4 Å². The number of hydrogen-bond donors (Lipinski definition) is 1. The normalized spacial score (nSPS) is 10.4. The van der Waals surface area contributed by atoms with Crippen molar-refractivity contribution in [2.45, 2.75) is 6.92 Å². The zero-order valence-corrected chi connectivity index (χ0v) is 11.0. The van der Waals surface area contributed by atoms with E-state index >= 15 is 0 Å². The number of aryl methyl sites for hydroxylation is 1. The van der Waals surface area contributed by atoms with Gasteiger partial charge in [-0.25, -0.2) is 4.39 Å². The van der Waals surface area contributed by atoms with Crippen LogP contribution in [0.3, 0.4) is 0 Å². The molecule has 2 nitrogen and oxygen atoms in total. The third kappa shape index (κ3) is 2.27. The quantitative estimate of drug-likeness (QED) is 0.826. The Morgan fingerprint density at radius 3 is 2.50 bits per heavy atom. The number of rotatable bonds is 2. The molecule has 0 aliphatic heterocycles. The fourth-order valence-electron chi connectivity index (χ4n) is 1.91. The smallest absolute Gasteiger partial charge is 0.146 e. The molecule has 0 aromatic heterocycles. The van der Waals surface area contributed by atoms with Crippen molar-refractivity contribution in [2.24, 2.45) is 0 Å². The van der Waals surface area contributed by atoms with Crippen LogP contribution in [0.4, 0.5) is 21.5 Å². The SMILES string of the molecule is Cc1cc(N)c(Cl)cc1N(C)c1ccccc1F. The topological polar surface area (TPSA) is 29.3 Å². The first kappa shape index (κ1) is 12.7. The van der Waals surface area contributed by atoms with Gasteiger partial charge in [-0.3, -0.25) is 0 Å². The van der Waals surface area contributed by atoms with E-state index < -0.39 is 0 Å². The third-order valence-corrected chi connectivity index (χ3v) is 3.22. The summed E-state index contributed by atoms with van der Waals surface area (Å²) < 4.78 is 13.7. The minimum atomic E-state index is -0.271. The lowest BCUT2D eigenvalue weighted by atomic mass is 10.1. The lowest BCUT2D eigenvalue weighted by Gasteiger charge is -2.22. The van der Waals surface area contributed by atoms with Crippen molar-refractivity contribution >= 4 is 28.7 Å². The minimum Gasteiger partial charge on any atom is -0.398 e. The Bertz CT molecular complexity index is 584. The van der Waals surface area contributed by atoms with Crippen LogP contribution in [0.1, 0.15) is 5.56 Å². The van der Waals surface area contributed by atoms with Crippen LogP contribution in [0.5, 0.6) is 0 Å². The average Bonchev–Trinajstić information content (AvgIpc) is 2.33. The highest BCUT2D eigenvalue weighted by atomic mass is 35.5. The molecule has 0 unspecified atom stereocenters. The Morgan fingerprint density at radius 2 is 1.83 bits per heavy atom. The molecule has 2 aromatic carbocycles. The number of nitrogens with zero attached hydrogens (tertiary/aromatic N) is 1. The number of para-hydroxylation sites is 1. The number of anilines is 3. The Labute approximate surface area is 111 Å². The van der Waals surface area contributed by atoms with E-state index in [1.807, 2.05) is 6.92 Å². The molecule has 0 amide bonds. The molecule has 0 aliphatic carbocycles. The number of halogens is 2. The highest BCUT2D eigenvalue weighted by Crippen LogP contribution is 2.33. The summed E-state index contributed by atoms with van der Waals surface area (Å²) in [7, 11) is 1.80. The van der Waals surface area contributed by atoms with Crippen molar-refractivity contribution in [1.29, 1.82) is 0 Å². The Morgan fingerprint density at radius 1 is 1.17 bits per heavy atom. The van der Waals surface area contributed by atoms with Crippen molar-refractivity contribution in [3.05, 3.63) is 52.8 Å². The van der Waals surface area contributed by atoms with Gasteiger partial charge in [0.1, 0.15) is 5.82 Å². The molecule has 0 heterocycles. The van der Waals surface area contributed by atoms with Gasteiger partial charge in [-0.2, -0.15) is 0 Å². The molecule has 94 valence electrons. The maximum atomic E-state index is 13.7. The summed E-state index contributed by atoms with van der Waals surface area (Å²) >= 11 is 6.01. The molecule has 2 rings (SSSR count). The molecule has 2 N–H and O–H groups in total. The molecule has 0 spiro atoms. The van der Waals surface area contributed by atoms with E-state index in [9.17, 15) is 4.39 Å². The van der Waals surface area contributed by atoms with Crippen LogP contribution in [0.25, 0.3) is 0 Å². The van der Waals surface area contributed by atoms with Crippen LogP contribution >= 0.6 is 11.6 Å². The van der Waals surface area contributed by atoms with Crippen LogP contribution in [0, 0.1) is 12.7 Å². The highest BCUT2D eigenvalue weighted by Gasteiger charge is 2.12. The highest BCUT2D eigenvalue weighted by molar-refractivity contribution is 6.33. The summed E-state index contributed by atoms with van der Waals surface area (Å²) in [4.78, 5) is 1.76. The van der Waals surface area contributed by atoms with Gasteiger partial charge < -0.3 is 10.6 Å².